The lowest BCUT2D eigenvalue weighted by Gasteiger charge is -2.43. The lowest BCUT2D eigenvalue weighted by atomic mass is 10.0. The quantitative estimate of drug-likeness (QED) is 0.0639. The Morgan fingerprint density at radius 3 is 1.12 bits per heavy atom. The highest BCUT2D eigenvalue weighted by Gasteiger charge is 2.49. The molecule has 0 bridgehead atoms. The Balaban J connectivity index is 0.000000767. The zero-order chi connectivity index (χ0) is 100. The van der Waals surface area contributed by atoms with Gasteiger partial charge in [0.15, 0.2) is 24.7 Å². The van der Waals surface area contributed by atoms with Crippen molar-refractivity contribution < 1.29 is 39.9 Å². The van der Waals surface area contributed by atoms with Gasteiger partial charge in [0.1, 0.15) is 18.9 Å². The van der Waals surface area contributed by atoms with Crippen LogP contribution in [0.5, 0.6) is 0 Å². The van der Waals surface area contributed by atoms with E-state index in [0.29, 0.717) is 142 Å². The topological polar surface area (TPSA) is 353 Å². The SMILES string of the molecule is C.C#CC(C#N)N1CCN(C(C#N)C#N)CC1.C#CCN1CC(F)N(CC#N)CC1C(F)(F)F.C#CCN1CCN(CC#N)C(C)C1.C#CCN1CCN(CC#N)C(C)C1C.C#CCN1CCN(CC#N)C(F)C1.C#CCN1CCN(CC#N)C(OCC(F)(F)F)C1.C#CCN1CCN(CC#N)CC1.C#CCN1CCN(CC#N)CC1c1ccccc1.N#CCCN1CCN(CCC#N)CC1. The van der Waals surface area contributed by atoms with Crippen molar-refractivity contribution in [3.63, 3.8) is 0 Å². The van der Waals surface area contributed by atoms with Crippen molar-refractivity contribution in [1.82, 2.24) is 88.2 Å². The minimum absolute atomic E-state index is 0. The van der Waals surface area contributed by atoms with Crippen LogP contribution in [0.4, 0.5) is 35.1 Å². The zero-order valence-electron chi connectivity index (χ0n) is 77.9. The maximum absolute atomic E-state index is 13.5. The summed E-state index contributed by atoms with van der Waals surface area (Å²) in [6.45, 7) is 32.3. The van der Waals surface area contributed by atoms with Crippen molar-refractivity contribution in [1.29, 1.82) is 63.1 Å². The fourth-order valence-corrected chi connectivity index (χ4v) is 15.5. The van der Waals surface area contributed by atoms with E-state index >= 15 is 0 Å². The van der Waals surface area contributed by atoms with Gasteiger partial charge in [-0.2, -0.15) is 89.5 Å². The van der Waals surface area contributed by atoms with E-state index in [-0.39, 0.29) is 40.2 Å². The number of alkyl halides is 8. The summed E-state index contributed by atoms with van der Waals surface area (Å²) in [5.41, 5.74) is 1.27. The number of piperazine rings is 9. The number of benzene rings is 1. The number of nitrogens with zero attached hydrogens (tertiary/aromatic N) is 30. The maximum Gasteiger partial charge on any atom is 0.411 e. The van der Waals surface area contributed by atoms with Gasteiger partial charge in [-0.1, -0.05) is 85.1 Å². The molecule has 9 unspecified atom stereocenters. The van der Waals surface area contributed by atoms with E-state index in [1.165, 1.54) is 10.5 Å². The van der Waals surface area contributed by atoms with Crippen LogP contribution in [0, 0.1) is 235 Å². The fraction of sp³-hybridized carbons (Fsp3) is 0.649. The Morgan fingerprint density at radius 2 is 0.684 bits per heavy atom. The van der Waals surface area contributed by atoms with E-state index in [9.17, 15) is 35.1 Å². The van der Waals surface area contributed by atoms with E-state index in [0.717, 1.165) is 147 Å². The third-order valence-electron chi connectivity index (χ3n) is 23.3. The van der Waals surface area contributed by atoms with Crippen LogP contribution >= 0.6 is 0 Å². The Hall–Kier alpha value is -11.7. The third kappa shape index (κ3) is 48.1. The molecule has 10 rings (SSSR count). The summed E-state index contributed by atoms with van der Waals surface area (Å²) in [6, 6.07) is 33.4. The molecule has 0 radical (unpaired) electrons. The summed E-state index contributed by atoms with van der Waals surface area (Å²) in [5, 5.41) is 103. The van der Waals surface area contributed by atoms with Crippen molar-refractivity contribution in [2.45, 2.75) is 115 Å². The molecule has 0 spiro atoms. The van der Waals surface area contributed by atoms with Gasteiger partial charge >= 0.3 is 12.4 Å². The van der Waals surface area contributed by atoms with E-state index in [2.05, 4.69) is 166 Å². The molecular weight excluding hydrogens is 1750 g/mol. The number of nitriles is 12. The molecule has 9 heterocycles. The average Bonchev–Trinajstić information content (AvgIpc) is 0.793. The van der Waals surface area contributed by atoms with Gasteiger partial charge in [0, 0.05) is 233 Å². The Kier molecular flexibility index (Phi) is 64.5. The van der Waals surface area contributed by atoms with Crippen LogP contribution in [0.3, 0.4) is 0 Å². The molecule has 31 nitrogen and oxygen atoms in total. The molecule has 730 valence electrons. The van der Waals surface area contributed by atoms with Gasteiger partial charge in [-0.25, -0.2) is 8.78 Å². The van der Waals surface area contributed by atoms with Crippen LogP contribution in [0.15, 0.2) is 30.3 Å². The van der Waals surface area contributed by atoms with Gasteiger partial charge in [-0.05, 0) is 26.3 Å². The summed E-state index contributed by atoms with van der Waals surface area (Å²) < 4.78 is 106. The van der Waals surface area contributed by atoms with Crippen molar-refractivity contribution in [2.24, 2.45) is 0 Å². The van der Waals surface area contributed by atoms with Crippen molar-refractivity contribution in [2.75, 3.05) is 295 Å². The molecule has 9 atom stereocenters. The summed E-state index contributed by atoms with van der Waals surface area (Å²) in [6.07, 6.45) is 30.6. The summed E-state index contributed by atoms with van der Waals surface area (Å²) >= 11 is 0. The highest BCUT2D eigenvalue weighted by molar-refractivity contribution is 5.21. The molecule has 9 saturated heterocycles. The first-order valence-corrected chi connectivity index (χ1v) is 44.3. The molecule has 0 saturated carbocycles. The molecule has 1 aromatic carbocycles. The van der Waals surface area contributed by atoms with Gasteiger partial charge in [0.05, 0.1) is 164 Å². The lowest BCUT2D eigenvalue weighted by molar-refractivity contribution is -0.209. The molecule has 0 N–H and O–H groups in total. The van der Waals surface area contributed by atoms with Gasteiger partial charge in [-0.15, -0.1) is 51.4 Å². The Morgan fingerprint density at radius 1 is 0.338 bits per heavy atom. The summed E-state index contributed by atoms with van der Waals surface area (Å²) in [4.78, 5) is 34.6. The van der Waals surface area contributed by atoms with Crippen LogP contribution in [0.2, 0.25) is 0 Å². The first kappa shape index (κ1) is 122. The molecule has 0 aliphatic carbocycles. The monoisotopic (exact) mass is 1880 g/mol. The van der Waals surface area contributed by atoms with E-state index in [1.54, 1.807) is 15.9 Å². The van der Waals surface area contributed by atoms with Crippen LogP contribution in [0.25, 0.3) is 0 Å². The van der Waals surface area contributed by atoms with Gasteiger partial charge in [0.2, 0.25) is 0 Å². The molecule has 9 aliphatic rings. The van der Waals surface area contributed by atoms with E-state index in [1.807, 2.05) is 63.2 Å². The minimum Gasteiger partial charge on any atom is -0.352 e. The Labute approximate surface area is 803 Å². The van der Waals surface area contributed by atoms with Crippen LogP contribution in [0.1, 0.15) is 52.6 Å². The fourth-order valence-electron chi connectivity index (χ4n) is 15.5. The van der Waals surface area contributed by atoms with Crippen LogP contribution in [-0.4, -0.2) is 450 Å². The van der Waals surface area contributed by atoms with Crippen LogP contribution in [-0.2, 0) is 4.74 Å². The summed E-state index contributed by atoms with van der Waals surface area (Å²) in [7, 11) is 0. The van der Waals surface area contributed by atoms with Crippen molar-refractivity contribution >= 4 is 0 Å². The second-order valence-electron chi connectivity index (χ2n) is 32.2. The number of hydrogen-bond donors (Lipinski definition) is 0. The highest BCUT2D eigenvalue weighted by atomic mass is 19.4. The number of halogens is 8. The summed E-state index contributed by atoms with van der Waals surface area (Å²) in [5.74, 6) is 20.1. The largest absolute Gasteiger partial charge is 0.411 e. The highest BCUT2D eigenvalue weighted by Crippen LogP contribution is 2.31. The van der Waals surface area contributed by atoms with Crippen molar-refractivity contribution in [3.05, 3.63) is 35.9 Å². The van der Waals surface area contributed by atoms with Crippen LogP contribution < -0.4 is 0 Å². The number of terminal acetylenes is 8. The zero-order valence-corrected chi connectivity index (χ0v) is 77.9. The maximum atomic E-state index is 13.5. The molecule has 9 aliphatic heterocycles. The second-order valence-corrected chi connectivity index (χ2v) is 32.2. The number of hydrogen-bond acceptors (Lipinski definition) is 31. The molecule has 0 amide bonds. The van der Waals surface area contributed by atoms with Gasteiger partial charge < -0.3 is 4.74 Å². The second kappa shape index (κ2) is 71.7. The van der Waals surface area contributed by atoms with Gasteiger partial charge in [0.25, 0.3) is 0 Å². The predicted molar refractivity (Wildman–Crippen MR) is 502 cm³/mol. The number of rotatable bonds is 23. The van der Waals surface area contributed by atoms with Gasteiger partial charge in [-0.3, -0.25) is 88.2 Å². The standard InChI is InChI=1S/C15H17N3.C11H14F3N3O.C11H11N5.C11H17N3.C10H11F4N3.C10H16N4.C10H15N3.C9H12FN3.C9H13N3.CH4/c1-2-9-18-12-11-17(10-8-16)13-15(18)14-6-4-3-5-7-14;1-2-4-16-6-7-17(5-3-15)10(8-16)18-9-11(12,13)14;1-2-10(7-12)15-3-5-16(6-4-15)11(8-13)9-14;1-4-6-13-8-9-14(7-5-12)11(3)10(13)2;1-2-4-16-7-9(11)17(5-3-15)6-8(16)10(12,13)14;11-3-1-5-13-7-9-14(10-8-13)6-2-4-12;1-3-5-12-7-8-13(6-4-11)10(2)9-12;1-2-4-12-6-7-13(5-3-11)9(10)8-12;1-2-4-11-6-8-12(5-3-10)9-7-11;/h1,3-7,15H,9-13H2;1,10H,4-9H2;1,10-11H,3-6H2;1,10-11H,6-9H2,2-3H3;1,8-9H,4-7H2;1-2,5-10H2;1,10H,5-9H2,2H3;1,9H,4-8H2;1H,4-9H2;1H4. The molecule has 0 aromatic heterocycles. The predicted octanol–water partition coefficient (Wildman–Crippen LogP) is 4.27. The molecule has 1 aromatic rings. The normalized spacial score (nSPS) is 22.9. The first-order chi connectivity index (χ1) is 64.9. The molecular formula is C97H130F8N30O. The molecule has 9 fully saturated rings. The van der Waals surface area contributed by atoms with E-state index in [4.69, 9.17) is 119 Å². The third-order valence-corrected chi connectivity index (χ3v) is 23.3. The molecule has 136 heavy (non-hydrogen) atoms. The lowest BCUT2D eigenvalue weighted by Crippen LogP contribution is -2.61. The Bertz CT molecular complexity index is 4300. The molecule has 39 heteroatoms. The minimum atomic E-state index is -4.48. The smallest absolute Gasteiger partial charge is 0.352 e. The van der Waals surface area contributed by atoms with Crippen molar-refractivity contribution in [3.8, 4) is 172 Å². The van der Waals surface area contributed by atoms with E-state index < -0.39 is 69.0 Å². The number of ether oxygens (including phenoxy) is 1. The first-order valence-electron chi connectivity index (χ1n) is 44.3. The average molecular weight is 1880 g/mol.